The molecule has 0 saturated carbocycles. The minimum atomic E-state index is 0.607. The van der Waals surface area contributed by atoms with Crippen LogP contribution in [0.5, 0.6) is 0 Å². The lowest BCUT2D eigenvalue weighted by Gasteiger charge is -2.14. The Kier molecular flexibility index (Phi) is 1.37. The molecule has 66 valence electrons. The first-order valence-electron chi connectivity index (χ1n) is 4.33. The Bertz CT molecular complexity index is 449. The summed E-state index contributed by atoms with van der Waals surface area (Å²) in [6.45, 7) is 2.27. The highest BCUT2D eigenvalue weighted by Crippen LogP contribution is 2.16. The fourth-order valence-corrected chi connectivity index (χ4v) is 1.69. The topological polar surface area (TPSA) is 39.9 Å². The standard InChI is InChI=1S/C9H9N3O/c1-2-7-9(10-3-1)11-8-6-13-5-4-12(7)8/h1-3H,4-6H2. The van der Waals surface area contributed by atoms with Gasteiger partial charge in [-0.05, 0) is 12.1 Å². The van der Waals surface area contributed by atoms with E-state index in [4.69, 9.17) is 4.74 Å². The molecule has 0 N–H and O–H groups in total. The van der Waals surface area contributed by atoms with Crippen molar-refractivity contribution in [3.05, 3.63) is 24.2 Å². The van der Waals surface area contributed by atoms with Gasteiger partial charge in [0.15, 0.2) is 5.65 Å². The molecule has 2 aromatic heterocycles. The third kappa shape index (κ3) is 0.954. The van der Waals surface area contributed by atoms with Gasteiger partial charge in [0, 0.05) is 12.7 Å². The molecule has 0 aliphatic carbocycles. The smallest absolute Gasteiger partial charge is 0.177 e. The van der Waals surface area contributed by atoms with Crippen LogP contribution in [0.15, 0.2) is 18.3 Å². The van der Waals surface area contributed by atoms with Crippen molar-refractivity contribution in [3.8, 4) is 0 Å². The molecule has 3 rings (SSSR count). The van der Waals surface area contributed by atoms with Crippen LogP contribution in [0.2, 0.25) is 0 Å². The number of fused-ring (bicyclic) bond motifs is 3. The quantitative estimate of drug-likeness (QED) is 0.598. The maximum Gasteiger partial charge on any atom is 0.177 e. The molecule has 0 radical (unpaired) electrons. The Balaban J connectivity index is 2.34. The number of rotatable bonds is 0. The van der Waals surface area contributed by atoms with Gasteiger partial charge in [-0.3, -0.25) is 0 Å². The molecule has 1 aliphatic rings. The first-order valence-corrected chi connectivity index (χ1v) is 4.33. The van der Waals surface area contributed by atoms with Crippen LogP contribution in [0, 0.1) is 0 Å². The lowest BCUT2D eigenvalue weighted by atomic mass is 10.4. The highest BCUT2D eigenvalue weighted by Gasteiger charge is 2.14. The van der Waals surface area contributed by atoms with Crippen molar-refractivity contribution in [2.45, 2.75) is 13.2 Å². The molecule has 0 saturated heterocycles. The molecule has 0 unspecified atom stereocenters. The molecule has 4 heteroatoms. The summed E-state index contributed by atoms with van der Waals surface area (Å²) in [7, 11) is 0. The molecule has 1 aliphatic heterocycles. The van der Waals surface area contributed by atoms with Gasteiger partial charge in [-0.2, -0.15) is 0 Å². The predicted molar refractivity (Wildman–Crippen MR) is 47.2 cm³/mol. The number of hydrogen-bond acceptors (Lipinski definition) is 3. The predicted octanol–water partition coefficient (Wildman–Crippen LogP) is 0.961. The lowest BCUT2D eigenvalue weighted by Crippen LogP contribution is -2.16. The molecule has 0 aromatic carbocycles. The van der Waals surface area contributed by atoms with Crippen LogP contribution in [0.25, 0.3) is 11.2 Å². The summed E-state index contributed by atoms with van der Waals surface area (Å²) in [6.07, 6.45) is 1.77. The average molecular weight is 175 g/mol. The summed E-state index contributed by atoms with van der Waals surface area (Å²) in [5.41, 5.74) is 1.93. The van der Waals surface area contributed by atoms with E-state index in [1.54, 1.807) is 6.20 Å². The number of nitrogens with zero attached hydrogens (tertiary/aromatic N) is 3. The SMILES string of the molecule is c1cnc2nc3n(c2c1)CCOC3. The van der Waals surface area contributed by atoms with Crippen LogP contribution in [0.1, 0.15) is 5.82 Å². The van der Waals surface area contributed by atoms with Crippen LogP contribution in [-0.2, 0) is 17.9 Å². The Morgan fingerprint density at radius 3 is 3.46 bits per heavy atom. The van der Waals surface area contributed by atoms with Crippen LogP contribution < -0.4 is 0 Å². The maximum atomic E-state index is 5.31. The highest BCUT2D eigenvalue weighted by molar-refractivity contribution is 5.71. The van der Waals surface area contributed by atoms with Gasteiger partial charge < -0.3 is 9.30 Å². The molecule has 0 fully saturated rings. The van der Waals surface area contributed by atoms with Gasteiger partial charge in [0.2, 0.25) is 0 Å². The van der Waals surface area contributed by atoms with Crippen molar-refractivity contribution in [3.63, 3.8) is 0 Å². The van der Waals surface area contributed by atoms with Gasteiger partial charge in [-0.15, -0.1) is 0 Å². The van der Waals surface area contributed by atoms with Gasteiger partial charge in [0.25, 0.3) is 0 Å². The van der Waals surface area contributed by atoms with Gasteiger partial charge in [0.1, 0.15) is 12.4 Å². The van der Waals surface area contributed by atoms with Crippen LogP contribution in [0.4, 0.5) is 0 Å². The molecule has 0 amide bonds. The zero-order chi connectivity index (χ0) is 8.67. The fourth-order valence-electron chi connectivity index (χ4n) is 1.69. The minimum absolute atomic E-state index is 0.607. The molecule has 0 bridgehead atoms. The summed E-state index contributed by atoms with van der Waals surface area (Å²) in [6, 6.07) is 3.98. The number of pyridine rings is 1. The molecule has 2 aromatic rings. The molecular weight excluding hydrogens is 166 g/mol. The van der Waals surface area contributed by atoms with Gasteiger partial charge in [0.05, 0.1) is 12.1 Å². The maximum absolute atomic E-state index is 5.31. The van der Waals surface area contributed by atoms with Crippen molar-refractivity contribution in [1.29, 1.82) is 0 Å². The molecule has 0 spiro atoms. The van der Waals surface area contributed by atoms with Gasteiger partial charge >= 0.3 is 0 Å². The summed E-state index contributed by atoms with van der Waals surface area (Å²) in [4.78, 5) is 8.58. The molecule has 4 nitrogen and oxygen atoms in total. The summed E-state index contributed by atoms with van der Waals surface area (Å²) >= 11 is 0. The number of aromatic nitrogens is 3. The second kappa shape index (κ2) is 2.53. The van der Waals surface area contributed by atoms with E-state index in [0.717, 1.165) is 30.1 Å². The van der Waals surface area contributed by atoms with Gasteiger partial charge in [-0.25, -0.2) is 9.97 Å². The third-order valence-corrected chi connectivity index (χ3v) is 2.29. The third-order valence-electron chi connectivity index (χ3n) is 2.29. The first kappa shape index (κ1) is 7.03. The Hall–Kier alpha value is -1.42. The van der Waals surface area contributed by atoms with Crippen LogP contribution in [0.3, 0.4) is 0 Å². The second-order valence-electron chi connectivity index (χ2n) is 3.08. The number of imidazole rings is 1. The largest absolute Gasteiger partial charge is 0.372 e. The first-order chi connectivity index (χ1) is 6.45. The number of ether oxygens (including phenoxy) is 1. The monoisotopic (exact) mass is 175 g/mol. The second-order valence-corrected chi connectivity index (χ2v) is 3.08. The average Bonchev–Trinajstić information content (AvgIpc) is 2.56. The Labute approximate surface area is 75.2 Å². The summed E-state index contributed by atoms with van der Waals surface area (Å²) in [5, 5.41) is 0. The minimum Gasteiger partial charge on any atom is -0.372 e. The van der Waals surface area contributed by atoms with Crippen molar-refractivity contribution in [2.24, 2.45) is 0 Å². The zero-order valence-corrected chi connectivity index (χ0v) is 7.10. The lowest BCUT2D eigenvalue weighted by molar-refractivity contribution is 0.0830. The van der Waals surface area contributed by atoms with E-state index in [1.165, 1.54) is 0 Å². The van der Waals surface area contributed by atoms with E-state index in [1.807, 2.05) is 12.1 Å². The number of hydrogen-bond donors (Lipinski definition) is 0. The fraction of sp³-hybridized carbons (Fsp3) is 0.333. The van der Waals surface area contributed by atoms with E-state index in [0.29, 0.717) is 6.61 Å². The molecule has 0 atom stereocenters. The van der Waals surface area contributed by atoms with Crippen molar-refractivity contribution >= 4 is 11.2 Å². The van der Waals surface area contributed by atoms with Crippen molar-refractivity contribution in [2.75, 3.05) is 6.61 Å². The summed E-state index contributed by atoms with van der Waals surface area (Å²) < 4.78 is 7.49. The van der Waals surface area contributed by atoms with Crippen LogP contribution in [-0.4, -0.2) is 21.1 Å². The summed E-state index contributed by atoms with van der Waals surface area (Å²) in [5.74, 6) is 0.986. The van der Waals surface area contributed by atoms with E-state index in [9.17, 15) is 0 Å². The Morgan fingerprint density at radius 2 is 2.46 bits per heavy atom. The van der Waals surface area contributed by atoms with Gasteiger partial charge in [-0.1, -0.05) is 0 Å². The molecular formula is C9H9N3O. The zero-order valence-electron chi connectivity index (χ0n) is 7.10. The van der Waals surface area contributed by atoms with E-state index < -0.39 is 0 Å². The van der Waals surface area contributed by atoms with E-state index in [2.05, 4.69) is 14.5 Å². The molecule has 13 heavy (non-hydrogen) atoms. The van der Waals surface area contributed by atoms with Crippen molar-refractivity contribution < 1.29 is 4.74 Å². The van der Waals surface area contributed by atoms with Crippen molar-refractivity contribution in [1.82, 2.24) is 14.5 Å². The van der Waals surface area contributed by atoms with Crippen LogP contribution >= 0.6 is 0 Å². The highest BCUT2D eigenvalue weighted by atomic mass is 16.5. The Morgan fingerprint density at radius 1 is 1.46 bits per heavy atom. The van der Waals surface area contributed by atoms with E-state index >= 15 is 0 Å². The normalized spacial score (nSPS) is 16.0. The molecule has 3 heterocycles. The van der Waals surface area contributed by atoms with E-state index in [-0.39, 0.29) is 0 Å².